The molecule has 4 heteroatoms. The summed E-state index contributed by atoms with van der Waals surface area (Å²) in [5.41, 5.74) is 1.13. The van der Waals surface area contributed by atoms with E-state index in [4.69, 9.17) is 0 Å². The van der Waals surface area contributed by atoms with Gasteiger partial charge in [-0.2, -0.15) is 0 Å². The Kier molecular flexibility index (Phi) is 5.49. The van der Waals surface area contributed by atoms with Crippen molar-refractivity contribution >= 4 is 0 Å². The summed E-state index contributed by atoms with van der Waals surface area (Å²) in [4.78, 5) is 6.60. The van der Waals surface area contributed by atoms with E-state index in [-0.39, 0.29) is 0 Å². The molecule has 0 saturated heterocycles. The zero-order valence-corrected chi connectivity index (χ0v) is 10.9. The number of rotatable bonds is 7. The van der Waals surface area contributed by atoms with Crippen LogP contribution in [0.4, 0.5) is 0 Å². The van der Waals surface area contributed by atoms with Gasteiger partial charge >= 0.3 is 0 Å². The molecule has 0 atom stereocenters. The zero-order chi connectivity index (χ0) is 12.0. The molecular formula is C12H24N4. The molecule has 92 valence electrons. The first kappa shape index (κ1) is 13.2. The minimum Gasteiger partial charge on any atom is -0.340 e. The van der Waals surface area contributed by atoms with Crippen LogP contribution in [0.25, 0.3) is 0 Å². The lowest BCUT2D eigenvalue weighted by atomic mass is 10.2. The molecule has 1 aromatic heterocycles. The number of nitrogens with one attached hydrogen (secondary N) is 1. The Hall–Kier alpha value is -0.870. The van der Waals surface area contributed by atoms with Crippen molar-refractivity contribution in [1.29, 1.82) is 0 Å². The first-order valence-corrected chi connectivity index (χ1v) is 5.94. The molecule has 1 heterocycles. The van der Waals surface area contributed by atoms with Crippen LogP contribution < -0.4 is 5.32 Å². The van der Waals surface area contributed by atoms with Crippen LogP contribution in [0.3, 0.4) is 0 Å². The normalized spacial score (nSPS) is 11.6. The Labute approximate surface area is 98.7 Å². The summed E-state index contributed by atoms with van der Waals surface area (Å²) >= 11 is 0. The van der Waals surface area contributed by atoms with Gasteiger partial charge in [-0.3, -0.25) is 4.90 Å². The van der Waals surface area contributed by atoms with Gasteiger partial charge in [-0.05, 0) is 19.5 Å². The number of imidazole rings is 1. The molecule has 0 unspecified atom stereocenters. The third kappa shape index (κ3) is 5.28. The van der Waals surface area contributed by atoms with Crippen LogP contribution in [0.2, 0.25) is 0 Å². The smallest absolute Gasteiger partial charge is 0.0947 e. The first-order chi connectivity index (χ1) is 7.58. The highest BCUT2D eigenvalue weighted by molar-refractivity contribution is 4.95. The topological polar surface area (TPSA) is 33.1 Å². The minimum absolute atomic E-state index is 0.723. The average Bonchev–Trinajstić information content (AvgIpc) is 2.58. The molecule has 0 spiro atoms. The molecule has 4 nitrogen and oxygen atoms in total. The van der Waals surface area contributed by atoms with Crippen LogP contribution in [-0.2, 0) is 13.6 Å². The molecule has 0 aliphatic rings. The number of aryl methyl sites for hydroxylation is 1. The van der Waals surface area contributed by atoms with Crippen molar-refractivity contribution < 1.29 is 0 Å². The largest absolute Gasteiger partial charge is 0.340 e. The highest BCUT2D eigenvalue weighted by Crippen LogP contribution is 1.98. The van der Waals surface area contributed by atoms with Gasteiger partial charge in [0.05, 0.1) is 12.0 Å². The van der Waals surface area contributed by atoms with Gasteiger partial charge in [0.2, 0.25) is 0 Å². The fraction of sp³-hybridized carbons (Fsp3) is 0.750. The molecule has 0 aromatic carbocycles. The van der Waals surface area contributed by atoms with Gasteiger partial charge in [0, 0.05) is 32.9 Å². The number of aromatic nitrogens is 2. The fourth-order valence-corrected chi connectivity index (χ4v) is 1.56. The van der Waals surface area contributed by atoms with Gasteiger partial charge in [0.1, 0.15) is 0 Å². The molecule has 0 fully saturated rings. The lowest BCUT2D eigenvalue weighted by Gasteiger charge is -2.16. The van der Waals surface area contributed by atoms with Crippen molar-refractivity contribution in [2.45, 2.75) is 20.4 Å². The van der Waals surface area contributed by atoms with Crippen LogP contribution in [-0.4, -0.2) is 41.1 Å². The maximum atomic E-state index is 4.31. The lowest BCUT2D eigenvalue weighted by molar-refractivity contribution is 0.318. The monoisotopic (exact) mass is 224 g/mol. The van der Waals surface area contributed by atoms with E-state index in [2.05, 4.69) is 42.3 Å². The van der Waals surface area contributed by atoms with Gasteiger partial charge in [-0.25, -0.2) is 4.98 Å². The molecule has 1 N–H and O–H groups in total. The highest BCUT2D eigenvalue weighted by Gasteiger charge is 2.02. The second-order valence-electron chi connectivity index (χ2n) is 4.87. The summed E-state index contributed by atoms with van der Waals surface area (Å²) in [6.07, 6.45) is 3.91. The molecule has 0 bridgehead atoms. The Morgan fingerprint density at radius 2 is 2.25 bits per heavy atom. The van der Waals surface area contributed by atoms with E-state index >= 15 is 0 Å². The Balaban J connectivity index is 2.13. The van der Waals surface area contributed by atoms with Gasteiger partial charge < -0.3 is 9.88 Å². The van der Waals surface area contributed by atoms with Crippen molar-refractivity contribution in [3.63, 3.8) is 0 Å². The maximum absolute atomic E-state index is 4.31. The molecule has 0 aliphatic heterocycles. The van der Waals surface area contributed by atoms with E-state index in [0.717, 1.165) is 37.8 Å². The maximum Gasteiger partial charge on any atom is 0.0947 e. The molecule has 0 radical (unpaired) electrons. The third-order valence-corrected chi connectivity index (χ3v) is 2.41. The van der Waals surface area contributed by atoms with Crippen molar-refractivity contribution in [3.8, 4) is 0 Å². The van der Waals surface area contributed by atoms with Crippen LogP contribution >= 0.6 is 0 Å². The second-order valence-corrected chi connectivity index (χ2v) is 4.87. The Bertz CT molecular complexity index is 293. The van der Waals surface area contributed by atoms with E-state index in [1.807, 2.05) is 17.9 Å². The van der Waals surface area contributed by atoms with Gasteiger partial charge in [-0.1, -0.05) is 13.8 Å². The quantitative estimate of drug-likeness (QED) is 0.704. The van der Waals surface area contributed by atoms with E-state index in [9.17, 15) is 0 Å². The van der Waals surface area contributed by atoms with Crippen LogP contribution in [0.1, 0.15) is 19.5 Å². The summed E-state index contributed by atoms with van der Waals surface area (Å²) in [7, 11) is 4.13. The number of likely N-dealkylation sites (N-methyl/N-ethyl adjacent to an activating group) is 1. The predicted molar refractivity (Wildman–Crippen MR) is 67.2 cm³/mol. The van der Waals surface area contributed by atoms with Gasteiger partial charge in [-0.15, -0.1) is 0 Å². The molecule has 16 heavy (non-hydrogen) atoms. The predicted octanol–water partition coefficient (Wildman–Crippen LogP) is 1.10. The van der Waals surface area contributed by atoms with Gasteiger partial charge in [0.25, 0.3) is 0 Å². The number of hydrogen-bond acceptors (Lipinski definition) is 3. The average molecular weight is 224 g/mol. The standard InChI is InChI=1S/C12H24N4/c1-11(2)7-13-5-6-15(3)8-12-9-16(4)10-14-12/h9-11,13H,5-8H2,1-4H3. The van der Waals surface area contributed by atoms with Crippen LogP contribution in [0, 0.1) is 5.92 Å². The summed E-state index contributed by atoms with van der Waals surface area (Å²) in [5, 5.41) is 3.44. The minimum atomic E-state index is 0.723. The van der Waals surface area contributed by atoms with E-state index in [1.165, 1.54) is 0 Å². The highest BCUT2D eigenvalue weighted by atomic mass is 15.1. The molecule has 0 amide bonds. The summed E-state index contributed by atoms with van der Waals surface area (Å²) < 4.78 is 1.99. The van der Waals surface area contributed by atoms with Crippen LogP contribution in [0.15, 0.2) is 12.5 Å². The van der Waals surface area contributed by atoms with E-state index < -0.39 is 0 Å². The summed E-state index contributed by atoms with van der Waals surface area (Å²) in [5.74, 6) is 0.723. The Morgan fingerprint density at radius 1 is 1.50 bits per heavy atom. The Morgan fingerprint density at radius 3 is 2.81 bits per heavy atom. The molecule has 1 rings (SSSR count). The van der Waals surface area contributed by atoms with Crippen molar-refractivity contribution in [2.75, 3.05) is 26.7 Å². The summed E-state index contributed by atoms with van der Waals surface area (Å²) in [6, 6.07) is 0. The van der Waals surface area contributed by atoms with Crippen molar-refractivity contribution in [1.82, 2.24) is 19.8 Å². The molecule has 1 aromatic rings. The zero-order valence-electron chi connectivity index (χ0n) is 10.9. The SMILES string of the molecule is CC(C)CNCCN(C)Cc1cn(C)cn1. The summed E-state index contributed by atoms with van der Waals surface area (Å²) in [6.45, 7) is 8.57. The first-order valence-electron chi connectivity index (χ1n) is 5.94. The molecule has 0 saturated carbocycles. The van der Waals surface area contributed by atoms with Crippen LogP contribution in [0.5, 0.6) is 0 Å². The molecule has 0 aliphatic carbocycles. The van der Waals surface area contributed by atoms with Crippen molar-refractivity contribution in [2.24, 2.45) is 13.0 Å². The van der Waals surface area contributed by atoms with Gasteiger partial charge in [0.15, 0.2) is 0 Å². The third-order valence-electron chi connectivity index (χ3n) is 2.41. The lowest BCUT2D eigenvalue weighted by Crippen LogP contribution is -2.30. The number of hydrogen-bond donors (Lipinski definition) is 1. The number of nitrogens with zero attached hydrogens (tertiary/aromatic N) is 3. The second kappa shape index (κ2) is 6.66. The van der Waals surface area contributed by atoms with E-state index in [0.29, 0.717) is 0 Å². The fourth-order valence-electron chi connectivity index (χ4n) is 1.56. The van der Waals surface area contributed by atoms with Crippen molar-refractivity contribution in [3.05, 3.63) is 18.2 Å². The molecular weight excluding hydrogens is 200 g/mol. The van der Waals surface area contributed by atoms with E-state index in [1.54, 1.807) is 0 Å².